The van der Waals surface area contributed by atoms with Crippen LogP contribution in [0.5, 0.6) is 0 Å². The Hall–Kier alpha value is -1.47. The fourth-order valence-electron chi connectivity index (χ4n) is 1.89. The molecule has 8 heteroatoms. The molecule has 0 unspecified atom stereocenters. The second-order valence-corrected chi connectivity index (χ2v) is 5.41. The zero-order chi connectivity index (χ0) is 17.3. The van der Waals surface area contributed by atoms with Gasteiger partial charge in [-0.1, -0.05) is 23.7 Å². The van der Waals surface area contributed by atoms with Gasteiger partial charge in [0.15, 0.2) is 5.96 Å². The van der Waals surface area contributed by atoms with E-state index in [1.165, 1.54) is 0 Å². The van der Waals surface area contributed by atoms with Crippen molar-refractivity contribution in [1.29, 1.82) is 0 Å². The first-order chi connectivity index (χ1) is 10.8. The van der Waals surface area contributed by atoms with Gasteiger partial charge in [0.25, 0.3) is 0 Å². The summed E-state index contributed by atoms with van der Waals surface area (Å²) in [6.45, 7) is -0.0422. The second kappa shape index (κ2) is 9.62. The number of aliphatic imine (C=N–C) groups is 1. The van der Waals surface area contributed by atoms with Gasteiger partial charge in [-0.3, -0.25) is 4.99 Å². The van der Waals surface area contributed by atoms with Gasteiger partial charge in [0.1, 0.15) is 6.61 Å². The number of ether oxygens (including phenoxy) is 1. The van der Waals surface area contributed by atoms with Crippen LogP contribution in [0.4, 0.5) is 13.2 Å². The lowest BCUT2D eigenvalue weighted by atomic mass is 10.2. The van der Waals surface area contributed by atoms with Crippen molar-refractivity contribution in [1.82, 2.24) is 10.2 Å². The third-order valence-electron chi connectivity index (χ3n) is 2.92. The molecule has 0 spiro atoms. The third-order valence-corrected chi connectivity index (χ3v) is 3.17. The summed E-state index contributed by atoms with van der Waals surface area (Å²) in [7, 11) is 3.53. The summed E-state index contributed by atoms with van der Waals surface area (Å²) in [4.78, 5) is 6.06. The number of guanidine groups is 1. The summed E-state index contributed by atoms with van der Waals surface area (Å²) in [5.74, 6) is 0.663. The molecule has 0 bridgehead atoms. The molecule has 1 aromatic carbocycles. The quantitative estimate of drug-likeness (QED) is 0.465. The first-order valence-electron chi connectivity index (χ1n) is 7.12. The van der Waals surface area contributed by atoms with Crippen molar-refractivity contribution in [3.8, 4) is 0 Å². The summed E-state index contributed by atoms with van der Waals surface area (Å²) in [6, 6.07) is 7.49. The zero-order valence-electron chi connectivity index (χ0n) is 13.2. The maximum absolute atomic E-state index is 11.9. The molecule has 0 fully saturated rings. The molecule has 0 aromatic heterocycles. The van der Waals surface area contributed by atoms with Crippen LogP contribution in [0.15, 0.2) is 29.3 Å². The normalized spacial score (nSPS) is 12.3. The van der Waals surface area contributed by atoms with Crippen LogP contribution >= 0.6 is 11.6 Å². The molecular weight excluding hydrogens is 331 g/mol. The maximum atomic E-state index is 11.9. The molecular formula is C15H21ClF3N3O. The van der Waals surface area contributed by atoms with Crippen LogP contribution < -0.4 is 5.32 Å². The number of halogens is 4. The number of rotatable bonds is 7. The lowest BCUT2D eigenvalue weighted by Gasteiger charge is -2.22. The second-order valence-electron chi connectivity index (χ2n) is 4.98. The fourth-order valence-corrected chi connectivity index (χ4v) is 2.01. The van der Waals surface area contributed by atoms with Crippen molar-refractivity contribution in [3.05, 3.63) is 34.9 Å². The highest BCUT2D eigenvalue weighted by Gasteiger charge is 2.27. The van der Waals surface area contributed by atoms with E-state index in [0.717, 1.165) is 5.56 Å². The molecule has 23 heavy (non-hydrogen) atoms. The van der Waals surface area contributed by atoms with Crippen molar-refractivity contribution < 1.29 is 17.9 Å². The zero-order valence-corrected chi connectivity index (χ0v) is 13.9. The van der Waals surface area contributed by atoms with E-state index in [1.54, 1.807) is 7.05 Å². The van der Waals surface area contributed by atoms with E-state index in [4.69, 9.17) is 11.6 Å². The third kappa shape index (κ3) is 8.66. The molecule has 0 aliphatic rings. The standard InChI is InChI=1S/C15H21ClF3N3O/c1-20-14(21-8-3-9-23-11-15(17,18)19)22(2)10-12-4-6-13(16)7-5-12/h4-7H,3,8-11H2,1-2H3,(H,20,21). The summed E-state index contributed by atoms with van der Waals surface area (Å²) < 4.78 is 40.3. The SMILES string of the molecule is CN=C(NCCCOCC(F)(F)F)N(C)Cc1ccc(Cl)cc1. The Labute approximate surface area is 139 Å². The Bertz CT molecular complexity index is 492. The predicted molar refractivity (Wildman–Crippen MR) is 85.8 cm³/mol. The van der Waals surface area contributed by atoms with E-state index in [0.29, 0.717) is 30.5 Å². The topological polar surface area (TPSA) is 36.9 Å². The molecule has 0 atom stereocenters. The van der Waals surface area contributed by atoms with E-state index >= 15 is 0 Å². The van der Waals surface area contributed by atoms with E-state index in [-0.39, 0.29) is 6.61 Å². The van der Waals surface area contributed by atoms with Gasteiger partial charge >= 0.3 is 6.18 Å². The molecule has 4 nitrogen and oxygen atoms in total. The van der Waals surface area contributed by atoms with E-state index in [2.05, 4.69) is 15.0 Å². The molecule has 0 saturated carbocycles. The monoisotopic (exact) mass is 351 g/mol. The highest BCUT2D eigenvalue weighted by atomic mass is 35.5. The van der Waals surface area contributed by atoms with Crippen LogP contribution in [-0.4, -0.2) is 50.9 Å². The Kier molecular flexibility index (Phi) is 8.19. The first kappa shape index (κ1) is 19.6. The minimum Gasteiger partial charge on any atom is -0.372 e. The number of benzene rings is 1. The molecule has 0 amide bonds. The predicted octanol–water partition coefficient (Wildman–Crippen LogP) is 3.32. The van der Waals surface area contributed by atoms with Gasteiger partial charge in [0.2, 0.25) is 0 Å². The van der Waals surface area contributed by atoms with Crippen molar-refractivity contribution in [2.75, 3.05) is 33.9 Å². The van der Waals surface area contributed by atoms with Crippen molar-refractivity contribution in [3.63, 3.8) is 0 Å². The van der Waals surface area contributed by atoms with Crippen LogP contribution in [0.1, 0.15) is 12.0 Å². The minimum absolute atomic E-state index is 0.0460. The summed E-state index contributed by atoms with van der Waals surface area (Å²) >= 11 is 5.84. The average molecular weight is 352 g/mol. The van der Waals surface area contributed by atoms with E-state index in [1.807, 2.05) is 36.2 Å². The van der Waals surface area contributed by atoms with Gasteiger partial charge in [0, 0.05) is 38.8 Å². The van der Waals surface area contributed by atoms with Gasteiger partial charge in [-0.05, 0) is 24.1 Å². The van der Waals surface area contributed by atoms with Crippen molar-refractivity contribution in [2.45, 2.75) is 19.1 Å². The molecule has 1 aromatic rings. The van der Waals surface area contributed by atoms with Crippen molar-refractivity contribution >= 4 is 17.6 Å². The maximum Gasteiger partial charge on any atom is 0.411 e. The van der Waals surface area contributed by atoms with Crippen LogP contribution in [0.25, 0.3) is 0 Å². The molecule has 0 radical (unpaired) electrons. The summed E-state index contributed by atoms with van der Waals surface area (Å²) in [5.41, 5.74) is 1.08. The van der Waals surface area contributed by atoms with Crippen LogP contribution in [0.3, 0.4) is 0 Å². The highest BCUT2D eigenvalue weighted by molar-refractivity contribution is 6.30. The molecule has 1 N–H and O–H groups in total. The lowest BCUT2D eigenvalue weighted by Crippen LogP contribution is -2.39. The number of hydrogen-bond donors (Lipinski definition) is 1. The smallest absolute Gasteiger partial charge is 0.372 e. The van der Waals surface area contributed by atoms with Crippen LogP contribution in [-0.2, 0) is 11.3 Å². The molecule has 0 saturated heterocycles. The van der Waals surface area contributed by atoms with Gasteiger partial charge in [-0.2, -0.15) is 13.2 Å². The van der Waals surface area contributed by atoms with Gasteiger partial charge in [-0.15, -0.1) is 0 Å². The molecule has 0 aliphatic heterocycles. The Morgan fingerprint density at radius 3 is 2.52 bits per heavy atom. The molecule has 130 valence electrons. The van der Waals surface area contributed by atoms with E-state index in [9.17, 15) is 13.2 Å². The lowest BCUT2D eigenvalue weighted by molar-refractivity contribution is -0.173. The fraction of sp³-hybridized carbons (Fsp3) is 0.533. The first-order valence-corrected chi connectivity index (χ1v) is 7.50. The number of nitrogens with one attached hydrogen (secondary N) is 1. The Morgan fingerprint density at radius 1 is 1.30 bits per heavy atom. The van der Waals surface area contributed by atoms with Crippen LogP contribution in [0.2, 0.25) is 5.02 Å². The Morgan fingerprint density at radius 2 is 1.96 bits per heavy atom. The van der Waals surface area contributed by atoms with E-state index < -0.39 is 12.8 Å². The van der Waals surface area contributed by atoms with Gasteiger partial charge < -0.3 is 15.0 Å². The molecule has 0 heterocycles. The molecule has 0 aliphatic carbocycles. The average Bonchev–Trinajstić information content (AvgIpc) is 2.47. The largest absolute Gasteiger partial charge is 0.411 e. The number of nitrogens with zero attached hydrogens (tertiary/aromatic N) is 2. The minimum atomic E-state index is -4.28. The molecule has 1 rings (SSSR count). The summed E-state index contributed by atoms with van der Waals surface area (Å²) in [6.07, 6.45) is -3.81. The highest BCUT2D eigenvalue weighted by Crippen LogP contribution is 2.14. The van der Waals surface area contributed by atoms with Gasteiger partial charge in [-0.25, -0.2) is 0 Å². The van der Waals surface area contributed by atoms with Crippen LogP contribution in [0, 0.1) is 0 Å². The number of alkyl halides is 3. The van der Waals surface area contributed by atoms with Gasteiger partial charge in [0.05, 0.1) is 0 Å². The number of hydrogen-bond acceptors (Lipinski definition) is 2. The Balaban J connectivity index is 2.29. The summed E-state index contributed by atoms with van der Waals surface area (Å²) in [5, 5.41) is 3.77. The van der Waals surface area contributed by atoms with Crippen molar-refractivity contribution in [2.24, 2.45) is 4.99 Å².